The number of carbonyl (C=O) groups is 1. The fourth-order valence-corrected chi connectivity index (χ4v) is 2.44. The molecule has 1 atom stereocenters. The van der Waals surface area contributed by atoms with Crippen LogP contribution in [0.5, 0.6) is 0 Å². The van der Waals surface area contributed by atoms with Crippen molar-refractivity contribution in [3.05, 3.63) is 70.1 Å². The lowest BCUT2D eigenvalue weighted by molar-refractivity contribution is 0.0604. The molecule has 0 aliphatic heterocycles. The van der Waals surface area contributed by atoms with E-state index in [1.807, 2.05) is 30.3 Å². The van der Waals surface area contributed by atoms with E-state index in [0.717, 1.165) is 5.56 Å². The largest absolute Gasteiger partial charge is 0.383 e. The number of hydrogen-bond acceptors (Lipinski definition) is 3. The molecule has 0 saturated heterocycles. The number of pyridine rings is 1. The summed E-state index contributed by atoms with van der Waals surface area (Å²) in [7, 11) is 5.02. The van der Waals surface area contributed by atoms with Gasteiger partial charge in [0.2, 0.25) is 0 Å². The summed E-state index contributed by atoms with van der Waals surface area (Å²) in [6.07, 6.45) is 2.30. The lowest BCUT2D eigenvalue weighted by Gasteiger charge is -2.28. The molecule has 5 nitrogen and oxygen atoms in total. The molecule has 1 aromatic carbocycles. The standard InChI is InChI=1S/C18H22N2O3/c1-19-10-9-15(12-17(19)21)18(22)20(2)16(13-23-3)11-14-7-5-4-6-8-14/h4-10,12,16H,11,13H2,1-3H3. The van der Waals surface area contributed by atoms with Crippen LogP contribution in [0.1, 0.15) is 15.9 Å². The van der Waals surface area contributed by atoms with Gasteiger partial charge in [-0.2, -0.15) is 0 Å². The van der Waals surface area contributed by atoms with Gasteiger partial charge >= 0.3 is 0 Å². The van der Waals surface area contributed by atoms with Crippen LogP contribution in [0.15, 0.2) is 53.5 Å². The Morgan fingerprint density at radius 1 is 1.26 bits per heavy atom. The second-order valence-electron chi connectivity index (χ2n) is 5.58. The third-order valence-corrected chi connectivity index (χ3v) is 3.89. The third-order valence-electron chi connectivity index (χ3n) is 3.89. The number of amides is 1. The second kappa shape index (κ2) is 7.74. The number of carbonyl (C=O) groups excluding carboxylic acids is 1. The summed E-state index contributed by atoms with van der Waals surface area (Å²) in [4.78, 5) is 26.0. The predicted molar refractivity (Wildman–Crippen MR) is 89.6 cm³/mol. The smallest absolute Gasteiger partial charge is 0.254 e. The Balaban J connectivity index is 2.19. The first-order valence-corrected chi connectivity index (χ1v) is 7.49. The van der Waals surface area contributed by atoms with Crippen LogP contribution in [-0.4, -0.2) is 42.2 Å². The molecule has 1 amide bonds. The minimum atomic E-state index is -0.199. The number of benzene rings is 1. The maximum Gasteiger partial charge on any atom is 0.254 e. The van der Waals surface area contributed by atoms with Crippen molar-refractivity contribution in [1.29, 1.82) is 0 Å². The summed E-state index contributed by atoms with van der Waals surface area (Å²) < 4.78 is 6.70. The Morgan fingerprint density at radius 2 is 1.96 bits per heavy atom. The molecule has 0 aliphatic carbocycles. The predicted octanol–water partition coefficient (Wildman–Crippen LogP) is 1.72. The van der Waals surface area contributed by atoms with Gasteiger partial charge < -0.3 is 14.2 Å². The van der Waals surface area contributed by atoms with Crippen LogP contribution < -0.4 is 5.56 Å². The number of methoxy groups -OCH3 is 1. The Labute approximate surface area is 136 Å². The molecule has 1 unspecified atom stereocenters. The number of hydrogen-bond donors (Lipinski definition) is 0. The maximum atomic E-state index is 12.6. The van der Waals surface area contributed by atoms with Gasteiger partial charge in [-0.1, -0.05) is 30.3 Å². The molecule has 0 fully saturated rings. The second-order valence-corrected chi connectivity index (χ2v) is 5.58. The van der Waals surface area contributed by atoms with Gasteiger partial charge in [-0.05, 0) is 18.1 Å². The molecule has 0 bridgehead atoms. The van der Waals surface area contributed by atoms with Crippen molar-refractivity contribution >= 4 is 5.91 Å². The van der Waals surface area contributed by atoms with E-state index in [4.69, 9.17) is 4.74 Å². The lowest BCUT2D eigenvalue weighted by atomic mass is 10.0. The average Bonchev–Trinajstić information content (AvgIpc) is 2.56. The fourth-order valence-electron chi connectivity index (χ4n) is 2.44. The topological polar surface area (TPSA) is 51.5 Å². The van der Waals surface area contributed by atoms with Crippen molar-refractivity contribution < 1.29 is 9.53 Å². The zero-order valence-electron chi connectivity index (χ0n) is 13.7. The first kappa shape index (κ1) is 17.0. The van der Waals surface area contributed by atoms with E-state index >= 15 is 0 Å². The van der Waals surface area contributed by atoms with Crippen LogP contribution in [0.25, 0.3) is 0 Å². The number of aryl methyl sites for hydroxylation is 1. The van der Waals surface area contributed by atoms with E-state index in [9.17, 15) is 9.59 Å². The summed E-state index contributed by atoms with van der Waals surface area (Å²) in [5.41, 5.74) is 1.33. The summed E-state index contributed by atoms with van der Waals surface area (Å²) in [5, 5.41) is 0. The highest BCUT2D eigenvalue weighted by Crippen LogP contribution is 2.11. The van der Waals surface area contributed by atoms with Crippen molar-refractivity contribution in [2.75, 3.05) is 20.8 Å². The monoisotopic (exact) mass is 314 g/mol. The molecule has 2 aromatic rings. The van der Waals surface area contributed by atoms with Crippen LogP contribution in [0, 0.1) is 0 Å². The molecule has 0 radical (unpaired) electrons. The SMILES string of the molecule is COCC(Cc1ccccc1)N(C)C(=O)c1ccn(C)c(=O)c1. The molecule has 1 heterocycles. The normalized spacial score (nSPS) is 12.0. The molecule has 122 valence electrons. The summed E-state index contributed by atoms with van der Waals surface area (Å²) >= 11 is 0. The first-order valence-electron chi connectivity index (χ1n) is 7.49. The minimum Gasteiger partial charge on any atom is -0.383 e. The van der Waals surface area contributed by atoms with E-state index in [1.54, 1.807) is 38.4 Å². The van der Waals surface area contributed by atoms with Gasteiger partial charge in [0, 0.05) is 39.0 Å². The third kappa shape index (κ3) is 4.29. The fraction of sp³-hybridized carbons (Fsp3) is 0.333. The van der Waals surface area contributed by atoms with Gasteiger partial charge in [-0.15, -0.1) is 0 Å². The van der Waals surface area contributed by atoms with Crippen molar-refractivity contribution in [3.8, 4) is 0 Å². The molecule has 0 spiro atoms. The number of likely N-dealkylation sites (N-methyl/N-ethyl adjacent to an activating group) is 1. The Morgan fingerprint density at radius 3 is 2.57 bits per heavy atom. The van der Waals surface area contributed by atoms with Crippen molar-refractivity contribution in [1.82, 2.24) is 9.47 Å². The summed E-state index contributed by atoms with van der Waals surface area (Å²) in [6, 6.07) is 12.9. The zero-order chi connectivity index (χ0) is 16.8. The molecule has 2 rings (SSSR count). The highest BCUT2D eigenvalue weighted by atomic mass is 16.5. The first-order chi connectivity index (χ1) is 11.0. The van der Waals surface area contributed by atoms with Gasteiger partial charge in [-0.3, -0.25) is 9.59 Å². The quantitative estimate of drug-likeness (QED) is 0.816. The van der Waals surface area contributed by atoms with Crippen LogP contribution >= 0.6 is 0 Å². The van der Waals surface area contributed by atoms with Gasteiger partial charge in [0.25, 0.3) is 11.5 Å². The van der Waals surface area contributed by atoms with Crippen LogP contribution in [0.3, 0.4) is 0 Å². The van der Waals surface area contributed by atoms with Gasteiger partial charge in [0.1, 0.15) is 0 Å². The molecule has 0 saturated carbocycles. The number of nitrogens with zero attached hydrogens (tertiary/aromatic N) is 2. The van der Waals surface area contributed by atoms with E-state index < -0.39 is 0 Å². The number of ether oxygens (including phenoxy) is 1. The van der Waals surface area contributed by atoms with Crippen LogP contribution in [0.4, 0.5) is 0 Å². The van der Waals surface area contributed by atoms with E-state index in [-0.39, 0.29) is 17.5 Å². The highest BCUT2D eigenvalue weighted by Gasteiger charge is 2.22. The molecule has 23 heavy (non-hydrogen) atoms. The number of aromatic nitrogens is 1. The molecule has 5 heteroatoms. The maximum absolute atomic E-state index is 12.6. The zero-order valence-corrected chi connectivity index (χ0v) is 13.7. The van der Waals surface area contributed by atoms with Gasteiger partial charge in [0.05, 0.1) is 12.6 Å². The van der Waals surface area contributed by atoms with E-state index in [0.29, 0.717) is 18.6 Å². The molecular formula is C18H22N2O3. The van der Waals surface area contributed by atoms with E-state index in [1.165, 1.54) is 10.6 Å². The van der Waals surface area contributed by atoms with Crippen LogP contribution in [-0.2, 0) is 18.2 Å². The Hall–Kier alpha value is -2.40. The van der Waals surface area contributed by atoms with Crippen molar-refractivity contribution in [2.24, 2.45) is 7.05 Å². The molecule has 0 aliphatic rings. The minimum absolute atomic E-state index is 0.0982. The molecule has 1 aromatic heterocycles. The number of rotatable bonds is 6. The Kier molecular flexibility index (Phi) is 5.71. The van der Waals surface area contributed by atoms with Crippen LogP contribution in [0.2, 0.25) is 0 Å². The summed E-state index contributed by atoms with van der Waals surface area (Å²) in [6.45, 7) is 0.433. The van der Waals surface area contributed by atoms with Gasteiger partial charge in [-0.25, -0.2) is 0 Å². The van der Waals surface area contributed by atoms with Crippen molar-refractivity contribution in [2.45, 2.75) is 12.5 Å². The summed E-state index contributed by atoms with van der Waals surface area (Å²) in [5.74, 6) is -0.180. The molecular weight excluding hydrogens is 292 g/mol. The molecule has 0 N–H and O–H groups in total. The average molecular weight is 314 g/mol. The highest BCUT2D eigenvalue weighted by molar-refractivity contribution is 5.94. The van der Waals surface area contributed by atoms with E-state index in [2.05, 4.69) is 0 Å². The van der Waals surface area contributed by atoms with Crippen molar-refractivity contribution in [3.63, 3.8) is 0 Å². The Bertz CT molecular complexity index is 710. The lowest BCUT2D eigenvalue weighted by Crippen LogP contribution is -2.41. The van der Waals surface area contributed by atoms with Gasteiger partial charge in [0.15, 0.2) is 0 Å².